The molecule has 0 fully saturated rings. The second-order valence-electron chi connectivity index (χ2n) is 2.19. The van der Waals surface area contributed by atoms with Crippen molar-refractivity contribution in [1.29, 1.82) is 0 Å². The highest BCUT2D eigenvalue weighted by Crippen LogP contribution is 2.17. The lowest BCUT2D eigenvalue weighted by Crippen LogP contribution is -2.13. The second-order valence-corrected chi connectivity index (χ2v) is 2.19. The van der Waals surface area contributed by atoms with Crippen LogP contribution in [0.25, 0.3) is 0 Å². The molecular weight excluding hydrogens is 206 g/mol. The lowest BCUT2D eigenvalue weighted by atomic mass is 10.2. The molecule has 0 aliphatic rings. The molecule has 0 bridgehead atoms. The van der Waals surface area contributed by atoms with Crippen LogP contribution in [-0.4, -0.2) is 18.1 Å². The van der Waals surface area contributed by atoms with Crippen LogP contribution in [0.4, 0.5) is 17.6 Å². The van der Waals surface area contributed by atoms with E-state index in [1.54, 1.807) is 0 Å². The Morgan fingerprint density at radius 1 is 1.14 bits per heavy atom. The first-order valence-corrected chi connectivity index (χ1v) is 3.27. The predicted octanol–water partition coefficient (Wildman–Crippen LogP) is 1.42. The number of pyridine rings is 1. The molecule has 1 rings (SSSR count). The maximum atomic E-state index is 12.7. The molecule has 0 aromatic carbocycles. The summed E-state index contributed by atoms with van der Waals surface area (Å²) in [7, 11) is 0.817. The number of nitrogens with zero attached hydrogens (tertiary/aromatic N) is 1. The van der Waals surface area contributed by atoms with Crippen molar-refractivity contribution >= 4 is 5.97 Å². The number of esters is 1. The maximum absolute atomic E-state index is 12.7. The predicted molar refractivity (Wildman–Crippen MR) is 35.4 cm³/mol. The minimum atomic E-state index is -1.90. The largest absolute Gasteiger partial charge is 0.465 e. The Labute approximate surface area is 75.3 Å². The summed E-state index contributed by atoms with van der Waals surface area (Å²) in [5.74, 6) is -9.07. The summed E-state index contributed by atoms with van der Waals surface area (Å²) >= 11 is 0. The molecule has 0 unspecified atom stereocenters. The van der Waals surface area contributed by atoms with E-state index in [0.717, 1.165) is 7.11 Å². The van der Waals surface area contributed by atoms with E-state index in [1.165, 1.54) is 0 Å². The summed E-state index contributed by atoms with van der Waals surface area (Å²) in [5.41, 5.74) is -1.43. The third-order valence-electron chi connectivity index (χ3n) is 1.39. The molecule has 1 aromatic heterocycles. The van der Waals surface area contributed by atoms with Crippen molar-refractivity contribution in [2.45, 2.75) is 0 Å². The SMILES string of the molecule is COC(=O)c1c(F)c(F)nc(F)c1F. The van der Waals surface area contributed by atoms with E-state index < -0.39 is 35.1 Å². The zero-order valence-electron chi connectivity index (χ0n) is 6.78. The van der Waals surface area contributed by atoms with Crippen molar-refractivity contribution in [3.63, 3.8) is 0 Å². The van der Waals surface area contributed by atoms with Gasteiger partial charge in [0.25, 0.3) is 11.9 Å². The Bertz CT molecular complexity index is 368. The average Bonchev–Trinajstić information content (AvgIpc) is 2.15. The van der Waals surface area contributed by atoms with Crippen LogP contribution in [0.1, 0.15) is 10.4 Å². The summed E-state index contributed by atoms with van der Waals surface area (Å²) in [4.78, 5) is 13.0. The number of methoxy groups -OCH3 is 1. The molecule has 0 atom stereocenters. The second kappa shape index (κ2) is 3.60. The Kier molecular flexibility index (Phi) is 2.68. The Balaban J connectivity index is 3.47. The molecule has 0 spiro atoms. The molecule has 0 saturated heterocycles. The number of halogens is 4. The lowest BCUT2D eigenvalue weighted by Gasteiger charge is -2.03. The van der Waals surface area contributed by atoms with Crippen LogP contribution < -0.4 is 0 Å². The topological polar surface area (TPSA) is 39.2 Å². The van der Waals surface area contributed by atoms with Gasteiger partial charge >= 0.3 is 5.97 Å². The summed E-state index contributed by atoms with van der Waals surface area (Å²) in [6.45, 7) is 0. The van der Waals surface area contributed by atoms with Gasteiger partial charge in [-0.05, 0) is 0 Å². The lowest BCUT2D eigenvalue weighted by molar-refractivity contribution is 0.0585. The minimum absolute atomic E-state index is 0.817. The number of aromatic nitrogens is 1. The molecule has 14 heavy (non-hydrogen) atoms. The first kappa shape index (κ1) is 10.4. The molecular formula is C7H3F4NO2. The van der Waals surface area contributed by atoms with Crippen LogP contribution >= 0.6 is 0 Å². The molecule has 0 aliphatic carbocycles. The van der Waals surface area contributed by atoms with Gasteiger partial charge in [0.2, 0.25) is 0 Å². The number of carbonyl (C=O) groups excluding carboxylic acids is 1. The van der Waals surface area contributed by atoms with Gasteiger partial charge in [0.1, 0.15) is 5.56 Å². The van der Waals surface area contributed by atoms with Crippen LogP contribution in [-0.2, 0) is 4.74 Å². The highest BCUT2D eigenvalue weighted by atomic mass is 19.2. The van der Waals surface area contributed by atoms with E-state index >= 15 is 0 Å². The third-order valence-corrected chi connectivity index (χ3v) is 1.39. The van der Waals surface area contributed by atoms with Crippen molar-refractivity contribution in [1.82, 2.24) is 4.98 Å². The van der Waals surface area contributed by atoms with E-state index in [9.17, 15) is 22.4 Å². The van der Waals surface area contributed by atoms with Gasteiger partial charge in [-0.25, -0.2) is 13.6 Å². The third kappa shape index (κ3) is 1.52. The maximum Gasteiger partial charge on any atom is 0.344 e. The number of rotatable bonds is 1. The summed E-state index contributed by atoms with van der Waals surface area (Å²) in [5, 5.41) is 0. The van der Waals surface area contributed by atoms with Gasteiger partial charge in [-0.1, -0.05) is 0 Å². The molecule has 0 radical (unpaired) electrons. The monoisotopic (exact) mass is 209 g/mol. The van der Waals surface area contributed by atoms with Crippen molar-refractivity contribution < 1.29 is 27.1 Å². The standard InChI is InChI=1S/C7H3F4NO2/c1-14-7(13)2-3(8)5(10)12-6(11)4(2)9/h1H3. The van der Waals surface area contributed by atoms with Crippen LogP contribution in [0.5, 0.6) is 0 Å². The van der Waals surface area contributed by atoms with E-state index in [1.807, 2.05) is 0 Å². The van der Waals surface area contributed by atoms with Crippen molar-refractivity contribution in [3.05, 3.63) is 29.1 Å². The Hall–Kier alpha value is -1.66. The van der Waals surface area contributed by atoms with Crippen LogP contribution in [0.3, 0.4) is 0 Å². The molecule has 1 heterocycles. The van der Waals surface area contributed by atoms with Crippen molar-refractivity contribution in [2.75, 3.05) is 7.11 Å². The zero-order valence-corrected chi connectivity index (χ0v) is 6.78. The normalized spacial score (nSPS) is 10.1. The van der Waals surface area contributed by atoms with Gasteiger partial charge < -0.3 is 4.74 Å². The number of carbonyl (C=O) groups is 1. The van der Waals surface area contributed by atoms with E-state index in [-0.39, 0.29) is 0 Å². The van der Waals surface area contributed by atoms with Gasteiger partial charge in [-0.2, -0.15) is 13.8 Å². The van der Waals surface area contributed by atoms with Crippen LogP contribution in [0, 0.1) is 23.5 Å². The van der Waals surface area contributed by atoms with Gasteiger partial charge in [0, 0.05) is 0 Å². The fourth-order valence-electron chi connectivity index (χ4n) is 0.768. The van der Waals surface area contributed by atoms with Crippen molar-refractivity contribution in [3.8, 4) is 0 Å². The van der Waals surface area contributed by atoms with Gasteiger partial charge in [-0.15, -0.1) is 0 Å². The zero-order chi connectivity index (χ0) is 10.9. The molecule has 0 aliphatic heterocycles. The molecule has 0 amide bonds. The first-order valence-electron chi connectivity index (χ1n) is 3.27. The smallest absolute Gasteiger partial charge is 0.344 e. The summed E-state index contributed by atoms with van der Waals surface area (Å²) < 4.78 is 54.2. The molecule has 7 heteroatoms. The fraction of sp³-hybridized carbons (Fsp3) is 0.143. The number of ether oxygens (including phenoxy) is 1. The summed E-state index contributed by atoms with van der Waals surface area (Å²) in [6, 6.07) is 0. The molecule has 0 N–H and O–H groups in total. The number of hydrogen-bond donors (Lipinski definition) is 0. The summed E-state index contributed by atoms with van der Waals surface area (Å²) in [6.07, 6.45) is 0. The quantitative estimate of drug-likeness (QED) is 0.399. The molecule has 0 saturated carbocycles. The molecule has 1 aromatic rings. The van der Waals surface area contributed by atoms with E-state index in [4.69, 9.17) is 0 Å². The Morgan fingerprint density at radius 3 is 1.93 bits per heavy atom. The molecule has 76 valence electrons. The van der Waals surface area contributed by atoms with Crippen LogP contribution in [0.2, 0.25) is 0 Å². The molecule has 3 nitrogen and oxygen atoms in total. The van der Waals surface area contributed by atoms with Gasteiger partial charge in [0.15, 0.2) is 11.6 Å². The highest BCUT2D eigenvalue weighted by Gasteiger charge is 2.26. The Morgan fingerprint density at radius 2 is 1.57 bits per heavy atom. The average molecular weight is 209 g/mol. The van der Waals surface area contributed by atoms with E-state index in [2.05, 4.69) is 9.72 Å². The van der Waals surface area contributed by atoms with Crippen molar-refractivity contribution in [2.24, 2.45) is 0 Å². The fourth-order valence-corrected chi connectivity index (χ4v) is 0.768. The number of hydrogen-bond acceptors (Lipinski definition) is 3. The minimum Gasteiger partial charge on any atom is -0.465 e. The van der Waals surface area contributed by atoms with E-state index in [0.29, 0.717) is 0 Å². The highest BCUT2D eigenvalue weighted by molar-refractivity contribution is 5.89. The van der Waals surface area contributed by atoms with Gasteiger partial charge in [0.05, 0.1) is 7.11 Å². The van der Waals surface area contributed by atoms with Crippen LogP contribution in [0.15, 0.2) is 0 Å². The first-order chi connectivity index (χ1) is 6.49. The van der Waals surface area contributed by atoms with Gasteiger partial charge in [-0.3, -0.25) is 0 Å².